The highest BCUT2D eigenvalue weighted by molar-refractivity contribution is 8.13. The van der Waals surface area contributed by atoms with Crippen molar-refractivity contribution in [1.82, 2.24) is 5.32 Å². The van der Waals surface area contributed by atoms with E-state index in [2.05, 4.69) is 10.3 Å². The van der Waals surface area contributed by atoms with Crippen molar-refractivity contribution in [2.24, 2.45) is 10.9 Å². The van der Waals surface area contributed by atoms with Crippen LogP contribution in [0.15, 0.2) is 4.99 Å². The van der Waals surface area contributed by atoms with Gasteiger partial charge in [0.2, 0.25) is 5.91 Å². The first-order chi connectivity index (χ1) is 11.8. The molecule has 0 aromatic rings. The molecule has 1 rings (SSSR count). The number of aliphatic hydroxyl groups is 1. The zero-order valence-electron chi connectivity index (χ0n) is 14.4. The van der Waals surface area contributed by atoms with Crippen LogP contribution in [0.1, 0.15) is 45.4 Å². The van der Waals surface area contributed by atoms with E-state index in [1.54, 1.807) is 0 Å². The molecule has 0 spiro atoms. The molecule has 4 nitrogen and oxygen atoms in total. The van der Waals surface area contributed by atoms with Gasteiger partial charge in [0.1, 0.15) is 5.92 Å². The van der Waals surface area contributed by atoms with Gasteiger partial charge in [-0.3, -0.25) is 9.79 Å². The predicted octanol–water partition coefficient (Wildman–Crippen LogP) is 4.04. The van der Waals surface area contributed by atoms with Gasteiger partial charge in [0.25, 0.3) is 0 Å². The van der Waals surface area contributed by atoms with Gasteiger partial charge >= 0.3 is 12.4 Å². The zero-order chi connectivity index (χ0) is 20.2. The first-order valence-corrected chi connectivity index (χ1v) is 9.31. The first kappa shape index (κ1) is 23.1. The van der Waals surface area contributed by atoms with Crippen LogP contribution >= 0.6 is 11.8 Å². The highest BCUT2D eigenvalue weighted by Crippen LogP contribution is 2.40. The molecule has 1 aliphatic carbocycles. The Kier molecular flexibility index (Phi) is 7.82. The SMILES string of the molecule is CSC(=NC1CCCC(O)(C(F)(F)F)CCC1)NC(=O)C(C)C(F)(F)F. The number of aliphatic imine (C=N–C) groups is 1. The van der Waals surface area contributed by atoms with Crippen LogP contribution in [0.3, 0.4) is 0 Å². The summed E-state index contributed by atoms with van der Waals surface area (Å²) >= 11 is 0.957. The van der Waals surface area contributed by atoms with Gasteiger partial charge in [0.05, 0.1) is 6.04 Å². The van der Waals surface area contributed by atoms with E-state index in [0.29, 0.717) is 0 Å². The van der Waals surface area contributed by atoms with E-state index in [0.717, 1.165) is 18.7 Å². The van der Waals surface area contributed by atoms with Crippen LogP contribution in [0.2, 0.25) is 0 Å². The average Bonchev–Trinajstić information content (AvgIpc) is 2.48. The van der Waals surface area contributed by atoms with Gasteiger partial charge in [0, 0.05) is 0 Å². The van der Waals surface area contributed by atoms with Gasteiger partial charge < -0.3 is 10.4 Å². The van der Waals surface area contributed by atoms with Crippen LogP contribution in [-0.2, 0) is 4.79 Å². The molecule has 11 heteroatoms. The summed E-state index contributed by atoms with van der Waals surface area (Å²) in [5.41, 5.74) is -2.71. The molecule has 2 N–H and O–H groups in total. The van der Waals surface area contributed by atoms with Crippen LogP contribution in [0.25, 0.3) is 0 Å². The second-order valence-corrected chi connectivity index (χ2v) is 7.15. The van der Waals surface area contributed by atoms with Crippen molar-refractivity contribution in [3.8, 4) is 0 Å². The van der Waals surface area contributed by atoms with E-state index in [9.17, 15) is 36.2 Å². The Morgan fingerprint density at radius 3 is 2.08 bits per heavy atom. The lowest BCUT2D eigenvalue weighted by atomic mass is 9.85. The number of rotatable bonds is 2. The summed E-state index contributed by atoms with van der Waals surface area (Å²) in [4.78, 5) is 15.8. The minimum absolute atomic E-state index is 0.00255. The maximum absolute atomic E-state index is 12.9. The van der Waals surface area contributed by atoms with Crippen molar-refractivity contribution in [3.63, 3.8) is 0 Å². The fourth-order valence-corrected chi connectivity index (χ4v) is 3.06. The zero-order valence-corrected chi connectivity index (χ0v) is 15.2. The number of carbonyl (C=O) groups excluding carboxylic acids is 1. The van der Waals surface area contributed by atoms with Crippen LogP contribution in [0.5, 0.6) is 0 Å². The molecule has 1 fully saturated rings. The van der Waals surface area contributed by atoms with E-state index in [1.807, 2.05) is 0 Å². The number of hydrogen-bond donors (Lipinski definition) is 2. The topological polar surface area (TPSA) is 61.7 Å². The summed E-state index contributed by atoms with van der Waals surface area (Å²) in [5, 5.41) is 11.9. The number of alkyl halides is 6. The molecule has 0 radical (unpaired) electrons. The van der Waals surface area contributed by atoms with E-state index < -0.39 is 48.7 Å². The van der Waals surface area contributed by atoms with Crippen molar-refractivity contribution in [2.45, 2.75) is 69.4 Å². The molecule has 0 bridgehead atoms. The predicted molar refractivity (Wildman–Crippen MR) is 86.8 cm³/mol. The molecule has 26 heavy (non-hydrogen) atoms. The molecular formula is C15H22F6N2O2S. The number of hydrogen-bond acceptors (Lipinski definition) is 4. The number of nitrogens with one attached hydrogen (secondary N) is 1. The largest absolute Gasteiger partial charge is 0.417 e. The van der Waals surface area contributed by atoms with E-state index in [1.165, 1.54) is 6.26 Å². The molecule has 0 aliphatic heterocycles. The Balaban J connectivity index is 2.72. The van der Waals surface area contributed by atoms with Crippen LogP contribution < -0.4 is 5.32 Å². The van der Waals surface area contributed by atoms with Gasteiger partial charge in [-0.05, 0) is 51.7 Å². The highest BCUT2D eigenvalue weighted by atomic mass is 32.2. The minimum atomic E-state index is -4.70. The molecule has 1 saturated carbocycles. The summed E-state index contributed by atoms with van der Waals surface area (Å²) in [5.74, 6) is -3.43. The lowest BCUT2D eigenvalue weighted by Crippen LogP contribution is -2.46. The van der Waals surface area contributed by atoms with Crippen molar-refractivity contribution >= 4 is 22.8 Å². The molecule has 0 heterocycles. The smallest absolute Gasteiger partial charge is 0.380 e. The van der Waals surface area contributed by atoms with Crippen molar-refractivity contribution < 1.29 is 36.2 Å². The third-order valence-electron chi connectivity index (χ3n) is 4.39. The van der Waals surface area contributed by atoms with Crippen molar-refractivity contribution in [2.75, 3.05) is 6.26 Å². The van der Waals surface area contributed by atoms with Crippen molar-refractivity contribution in [1.29, 1.82) is 0 Å². The molecule has 152 valence electrons. The number of halogens is 6. The normalized spacial score (nSPS) is 27.4. The third-order valence-corrected chi connectivity index (χ3v) is 4.98. The number of nitrogens with zero attached hydrogens (tertiary/aromatic N) is 1. The maximum atomic E-state index is 12.9. The van der Waals surface area contributed by atoms with E-state index in [-0.39, 0.29) is 30.9 Å². The Morgan fingerprint density at radius 2 is 1.69 bits per heavy atom. The lowest BCUT2D eigenvalue weighted by molar-refractivity contribution is -0.266. The standard InChI is InChI=1S/C15H22F6N2O2S/c1-9(14(16,17)18)11(24)23-12(26-2)22-10-5-3-7-13(25,8-4-6-10)15(19,20)21/h9-10,25H,3-8H2,1-2H3,(H,22,23,24). The Labute approximate surface area is 151 Å². The summed E-state index contributed by atoms with van der Waals surface area (Å²) in [6.07, 6.45) is -8.12. The second kappa shape index (κ2) is 8.81. The number of carbonyl (C=O) groups is 1. The molecule has 0 aromatic carbocycles. The van der Waals surface area contributed by atoms with Gasteiger partial charge in [-0.1, -0.05) is 11.8 Å². The number of thioether (sulfide) groups is 1. The molecule has 0 saturated heterocycles. The third kappa shape index (κ3) is 6.33. The Morgan fingerprint density at radius 1 is 1.19 bits per heavy atom. The van der Waals surface area contributed by atoms with Crippen LogP contribution in [0, 0.1) is 5.92 Å². The van der Waals surface area contributed by atoms with Crippen LogP contribution in [-0.4, -0.2) is 46.4 Å². The molecule has 0 aromatic heterocycles. The maximum Gasteiger partial charge on any atom is 0.417 e. The van der Waals surface area contributed by atoms with E-state index >= 15 is 0 Å². The fourth-order valence-electron chi connectivity index (χ4n) is 2.61. The van der Waals surface area contributed by atoms with Gasteiger partial charge in [-0.15, -0.1) is 0 Å². The summed E-state index contributed by atoms with van der Waals surface area (Å²) in [6.45, 7) is 0.737. The van der Waals surface area contributed by atoms with Gasteiger partial charge in [-0.25, -0.2) is 0 Å². The number of amides is 1. The molecule has 1 aliphatic rings. The lowest BCUT2D eigenvalue weighted by Gasteiger charge is -2.33. The minimum Gasteiger partial charge on any atom is -0.380 e. The monoisotopic (exact) mass is 408 g/mol. The van der Waals surface area contributed by atoms with Crippen LogP contribution in [0.4, 0.5) is 26.3 Å². The Hall–Kier alpha value is -0.970. The molecule has 1 atom stereocenters. The Bertz CT molecular complexity index is 511. The molecular weight excluding hydrogens is 386 g/mol. The molecule has 1 unspecified atom stereocenters. The average molecular weight is 408 g/mol. The first-order valence-electron chi connectivity index (χ1n) is 8.08. The fraction of sp³-hybridized carbons (Fsp3) is 0.867. The summed E-state index contributed by atoms with van der Waals surface area (Å²) < 4.78 is 76.4. The second-order valence-electron chi connectivity index (χ2n) is 6.36. The van der Waals surface area contributed by atoms with Gasteiger partial charge in [-0.2, -0.15) is 26.3 Å². The summed E-state index contributed by atoms with van der Waals surface area (Å²) in [7, 11) is 0. The van der Waals surface area contributed by atoms with E-state index in [4.69, 9.17) is 0 Å². The molecule has 1 amide bonds. The number of amidine groups is 1. The van der Waals surface area contributed by atoms with Gasteiger partial charge in [0.15, 0.2) is 10.8 Å². The highest BCUT2D eigenvalue weighted by Gasteiger charge is 2.52. The quantitative estimate of drug-likeness (QED) is 0.412. The van der Waals surface area contributed by atoms with Crippen molar-refractivity contribution in [3.05, 3.63) is 0 Å². The summed E-state index contributed by atoms with van der Waals surface area (Å²) in [6, 6.07) is -0.420.